The van der Waals surface area contributed by atoms with Gasteiger partial charge < -0.3 is 10.2 Å². The van der Waals surface area contributed by atoms with E-state index in [1.165, 1.54) is 11.6 Å². The van der Waals surface area contributed by atoms with E-state index in [-0.39, 0.29) is 30.2 Å². The number of hydrogen-bond donors (Lipinski definition) is 1. The third kappa shape index (κ3) is 8.54. The monoisotopic (exact) mass is 516 g/mol. The molecule has 0 radical (unpaired) electrons. The lowest BCUT2D eigenvalue weighted by atomic mass is 9.86. The van der Waals surface area contributed by atoms with Crippen molar-refractivity contribution in [2.75, 3.05) is 0 Å². The van der Waals surface area contributed by atoms with Crippen LogP contribution in [0.25, 0.3) is 0 Å². The average Bonchev–Trinajstić information content (AvgIpc) is 2.85. The van der Waals surface area contributed by atoms with E-state index in [1.807, 2.05) is 51.1 Å². The number of rotatable bonds is 9. The summed E-state index contributed by atoms with van der Waals surface area (Å²) in [6.07, 6.45) is 1.09. The summed E-state index contributed by atoms with van der Waals surface area (Å²) in [7, 11) is 0. The number of amides is 2. The molecule has 0 aliphatic rings. The molecule has 1 unspecified atom stereocenters. The van der Waals surface area contributed by atoms with Crippen LogP contribution in [-0.4, -0.2) is 28.3 Å². The number of carbonyl (C=O) groups excluding carboxylic acids is 2. The molecule has 0 bridgehead atoms. The van der Waals surface area contributed by atoms with Crippen molar-refractivity contribution < 1.29 is 14.0 Å². The Hall–Kier alpha value is -3.47. The summed E-state index contributed by atoms with van der Waals surface area (Å²) in [6, 6.07) is 23.6. The Morgan fingerprint density at radius 1 is 0.816 bits per heavy atom. The number of nitrogens with zero attached hydrogens (tertiary/aromatic N) is 1. The molecule has 0 saturated heterocycles. The fraction of sp³-hybridized carbons (Fsp3) is 0.394. The van der Waals surface area contributed by atoms with Crippen molar-refractivity contribution >= 4 is 11.8 Å². The Morgan fingerprint density at radius 3 is 2.00 bits per heavy atom. The van der Waals surface area contributed by atoms with E-state index in [0.29, 0.717) is 18.4 Å². The number of nitrogens with one attached hydrogen (secondary N) is 1. The van der Waals surface area contributed by atoms with Crippen molar-refractivity contribution in [2.45, 2.75) is 84.3 Å². The number of halogens is 1. The van der Waals surface area contributed by atoms with Crippen molar-refractivity contribution in [2.24, 2.45) is 0 Å². The highest BCUT2D eigenvalue weighted by atomic mass is 19.1. The van der Waals surface area contributed by atoms with Gasteiger partial charge >= 0.3 is 0 Å². The number of aryl methyl sites for hydroxylation is 1. The summed E-state index contributed by atoms with van der Waals surface area (Å²) >= 11 is 0. The molecule has 0 saturated carbocycles. The molecule has 0 spiro atoms. The number of benzene rings is 3. The zero-order valence-corrected chi connectivity index (χ0v) is 23.6. The van der Waals surface area contributed by atoms with Gasteiger partial charge in [0.15, 0.2) is 0 Å². The maximum Gasteiger partial charge on any atom is 0.243 e. The van der Waals surface area contributed by atoms with Crippen molar-refractivity contribution in [3.05, 3.63) is 107 Å². The standard InChI is InChI=1S/C33H41FN2O2/c1-32(2,3)27-19-16-24(17-20-27)18-21-30(37)36(23-26-14-10-11-15-28(26)34)29(31(38)35-33(4,5)6)22-25-12-8-7-9-13-25/h7-17,19-20,29H,18,21-23H2,1-6H3,(H,35,38). The first-order chi connectivity index (χ1) is 17.8. The second-order valence-corrected chi connectivity index (χ2v) is 12.0. The molecule has 38 heavy (non-hydrogen) atoms. The van der Waals surface area contributed by atoms with Gasteiger partial charge in [-0.1, -0.05) is 93.6 Å². The smallest absolute Gasteiger partial charge is 0.243 e. The summed E-state index contributed by atoms with van der Waals surface area (Å²) in [5, 5.41) is 3.04. The van der Waals surface area contributed by atoms with Gasteiger partial charge in [-0.25, -0.2) is 4.39 Å². The normalized spacial score (nSPS) is 12.6. The van der Waals surface area contributed by atoms with Crippen LogP contribution in [0, 0.1) is 5.82 Å². The average molecular weight is 517 g/mol. The Labute approximate surface area is 227 Å². The third-order valence-corrected chi connectivity index (χ3v) is 6.52. The van der Waals surface area contributed by atoms with Gasteiger partial charge in [0.05, 0.1) is 0 Å². The molecule has 1 N–H and O–H groups in total. The molecule has 3 aromatic rings. The van der Waals surface area contributed by atoms with E-state index >= 15 is 0 Å². The highest BCUT2D eigenvalue weighted by molar-refractivity contribution is 5.88. The van der Waals surface area contributed by atoms with Gasteiger partial charge in [0.25, 0.3) is 0 Å². The van der Waals surface area contributed by atoms with Gasteiger partial charge in [-0.05, 0) is 55.4 Å². The molecular formula is C33H41FN2O2. The molecule has 0 heterocycles. The minimum Gasteiger partial charge on any atom is -0.350 e. The van der Waals surface area contributed by atoms with Crippen LogP contribution in [0.2, 0.25) is 0 Å². The minimum atomic E-state index is -0.785. The molecule has 202 valence electrons. The van der Waals surface area contributed by atoms with Crippen molar-refractivity contribution in [1.82, 2.24) is 10.2 Å². The third-order valence-electron chi connectivity index (χ3n) is 6.52. The molecule has 3 aromatic carbocycles. The van der Waals surface area contributed by atoms with Crippen LogP contribution in [0.4, 0.5) is 4.39 Å². The maximum absolute atomic E-state index is 14.7. The molecule has 3 rings (SSSR count). The molecule has 0 fully saturated rings. The fourth-order valence-corrected chi connectivity index (χ4v) is 4.38. The summed E-state index contributed by atoms with van der Waals surface area (Å²) < 4.78 is 14.7. The van der Waals surface area contributed by atoms with Crippen LogP contribution in [0.3, 0.4) is 0 Å². The summed E-state index contributed by atoms with van der Waals surface area (Å²) in [5.41, 5.74) is 3.18. The van der Waals surface area contributed by atoms with Crippen LogP contribution in [0.5, 0.6) is 0 Å². The minimum absolute atomic E-state index is 0.0174. The van der Waals surface area contributed by atoms with E-state index in [1.54, 1.807) is 23.1 Å². The zero-order valence-electron chi connectivity index (χ0n) is 23.6. The quantitative estimate of drug-likeness (QED) is 0.348. The van der Waals surface area contributed by atoms with E-state index in [2.05, 4.69) is 50.4 Å². The van der Waals surface area contributed by atoms with Crippen LogP contribution in [-0.2, 0) is 34.4 Å². The van der Waals surface area contributed by atoms with Gasteiger partial charge in [-0.3, -0.25) is 9.59 Å². The van der Waals surface area contributed by atoms with Crippen LogP contribution in [0.15, 0.2) is 78.9 Å². The van der Waals surface area contributed by atoms with Crippen LogP contribution in [0.1, 0.15) is 70.2 Å². The second-order valence-electron chi connectivity index (χ2n) is 12.0. The predicted molar refractivity (Wildman–Crippen MR) is 152 cm³/mol. The molecular weight excluding hydrogens is 475 g/mol. The molecule has 0 aromatic heterocycles. The zero-order chi connectivity index (χ0) is 27.9. The highest BCUT2D eigenvalue weighted by Gasteiger charge is 2.32. The van der Waals surface area contributed by atoms with Gasteiger partial charge in [-0.2, -0.15) is 0 Å². The lowest BCUT2D eigenvalue weighted by molar-refractivity contribution is -0.142. The van der Waals surface area contributed by atoms with E-state index in [9.17, 15) is 14.0 Å². The summed E-state index contributed by atoms with van der Waals surface area (Å²) in [6.45, 7) is 12.3. The number of hydrogen-bond acceptors (Lipinski definition) is 2. The Morgan fingerprint density at radius 2 is 1.42 bits per heavy atom. The van der Waals surface area contributed by atoms with Gasteiger partial charge in [-0.15, -0.1) is 0 Å². The summed E-state index contributed by atoms with van der Waals surface area (Å²) in [4.78, 5) is 28.9. The first kappa shape index (κ1) is 29.1. The molecule has 1 atom stereocenters. The highest BCUT2D eigenvalue weighted by Crippen LogP contribution is 2.23. The molecule has 4 nitrogen and oxygen atoms in total. The molecule has 0 aliphatic carbocycles. The predicted octanol–water partition coefficient (Wildman–Crippen LogP) is 6.61. The lowest BCUT2D eigenvalue weighted by Crippen LogP contribution is -2.54. The Balaban J connectivity index is 1.91. The van der Waals surface area contributed by atoms with E-state index in [4.69, 9.17) is 0 Å². The molecule has 2 amide bonds. The van der Waals surface area contributed by atoms with Crippen LogP contribution < -0.4 is 5.32 Å². The Kier molecular flexibility index (Phi) is 9.48. The first-order valence-corrected chi connectivity index (χ1v) is 13.3. The molecule has 0 aliphatic heterocycles. The second kappa shape index (κ2) is 12.4. The van der Waals surface area contributed by atoms with Gasteiger partial charge in [0.1, 0.15) is 11.9 Å². The lowest BCUT2D eigenvalue weighted by Gasteiger charge is -2.34. The first-order valence-electron chi connectivity index (χ1n) is 13.3. The van der Waals surface area contributed by atoms with Gasteiger partial charge in [0.2, 0.25) is 11.8 Å². The van der Waals surface area contributed by atoms with Crippen molar-refractivity contribution in [3.8, 4) is 0 Å². The molecule has 5 heteroatoms. The fourth-order valence-electron chi connectivity index (χ4n) is 4.38. The largest absolute Gasteiger partial charge is 0.350 e. The topological polar surface area (TPSA) is 49.4 Å². The summed E-state index contributed by atoms with van der Waals surface area (Å²) in [5.74, 6) is -0.823. The maximum atomic E-state index is 14.7. The van der Waals surface area contributed by atoms with Crippen molar-refractivity contribution in [3.63, 3.8) is 0 Å². The Bertz CT molecular complexity index is 1210. The van der Waals surface area contributed by atoms with Crippen molar-refractivity contribution in [1.29, 1.82) is 0 Å². The van der Waals surface area contributed by atoms with Crippen LogP contribution >= 0.6 is 0 Å². The SMILES string of the molecule is CC(C)(C)NC(=O)C(Cc1ccccc1)N(Cc1ccccc1F)C(=O)CCc1ccc(C(C)(C)C)cc1. The van der Waals surface area contributed by atoms with E-state index in [0.717, 1.165) is 11.1 Å². The number of carbonyl (C=O) groups is 2. The van der Waals surface area contributed by atoms with E-state index < -0.39 is 17.4 Å². The van der Waals surface area contributed by atoms with Gasteiger partial charge in [0, 0.05) is 30.5 Å².